The minimum Gasteiger partial charge on any atom is -0.396 e. The van der Waals surface area contributed by atoms with Crippen LogP contribution in [0.15, 0.2) is 24.8 Å². The highest BCUT2D eigenvalue weighted by Gasteiger charge is 2.14. The summed E-state index contributed by atoms with van der Waals surface area (Å²) >= 11 is 0. The van der Waals surface area contributed by atoms with Gasteiger partial charge in [0.2, 0.25) is 0 Å². The molecule has 0 aliphatic carbocycles. The number of hydrogen-bond donors (Lipinski definition) is 2. The number of rotatable bonds is 4. The van der Waals surface area contributed by atoms with Crippen LogP contribution in [-0.2, 0) is 6.54 Å². The first kappa shape index (κ1) is 13.9. The van der Waals surface area contributed by atoms with Crippen molar-refractivity contribution in [3.05, 3.63) is 42.0 Å². The van der Waals surface area contributed by atoms with Crippen LogP contribution in [0, 0.1) is 0 Å². The van der Waals surface area contributed by atoms with Crippen molar-refractivity contribution in [2.24, 2.45) is 0 Å². The van der Waals surface area contributed by atoms with E-state index in [9.17, 15) is 4.79 Å². The van der Waals surface area contributed by atoms with Crippen molar-refractivity contribution in [1.82, 2.24) is 25.3 Å². The number of nitrogens with two attached hydrogens (primary N) is 1. The lowest BCUT2D eigenvalue weighted by Gasteiger charge is -2.09. The number of anilines is 1. The zero-order chi connectivity index (χ0) is 14.5. The SMILES string of the molecule is CC(C)c1ncc(N)c(C(=O)NCc2ccncn2)n1. The number of nitrogen functional groups attached to an aromatic ring is 1. The topological polar surface area (TPSA) is 107 Å². The average Bonchev–Trinajstić information content (AvgIpc) is 2.46. The summed E-state index contributed by atoms with van der Waals surface area (Å²) in [5.74, 6) is 0.376. The minimum absolute atomic E-state index is 0.129. The molecule has 0 spiro atoms. The molecule has 2 heterocycles. The molecule has 0 aliphatic rings. The molecule has 104 valence electrons. The van der Waals surface area contributed by atoms with E-state index in [1.165, 1.54) is 12.5 Å². The van der Waals surface area contributed by atoms with E-state index in [1.54, 1.807) is 12.3 Å². The van der Waals surface area contributed by atoms with E-state index in [2.05, 4.69) is 25.3 Å². The largest absolute Gasteiger partial charge is 0.396 e. The standard InChI is InChI=1S/C13H16N6O/c1-8(2)12-16-6-10(14)11(19-12)13(20)17-5-9-3-4-15-7-18-9/h3-4,6-8H,5,14H2,1-2H3,(H,17,20). The number of hydrogen-bond acceptors (Lipinski definition) is 6. The molecule has 20 heavy (non-hydrogen) atoms. The third-order valence-electron chi connectivity index (χ3n) is 2.64. The molecule has 0 aromatic carbocycles. The van der Waals surface area contributed by atoms with Gasteiger partial charge in [-0.3, -0.25) is 4.79 Å². The summed E-state index contributed by atoms with van der Waals surface area (Å²) < 4.78 is 0. The van der Waals surface area contributed by atoms with Gasteiger partial charge in [-0.15, -0.1) is 0 Å². The predicted molar refractivity (Wildman–Crippen MR) is 73.7 cm³/mol. The van der Waals surface area contributed by atoms with Gasteiger partial charge in [-0.2, -0.15) is 0 Å². The second-order valence-corrected chi connectivity index (χ2v) is 4.57. The minimum atomic E-state index is -0.342. The quantitative estimate of drug-likeness (QED) is 0.856. The van der Waals surface area contributed by atoms with Crippen molar-refractivity contribution in [2.45, 2.75) is 26.3 Å². The molecular weight excluding hydrogens is 256 g/mol. The molecule has 0 fully saturated rings. The molecule has 3 N–H and O–H groups in total. The lowest BCUT2D eigenvalue weighted by atomic mass is 10.2. The maximum absolute atomic E-state index is 12.1. The van der Waals surface area contributed by atoms with Crippen LogP contribution in [0.4, 0.5) is 5.69 Å². The van der Waals surface area contributed by atoms with E-state index < -0.39 is 0 Å². The van der Waals surface area contributed by atoms with E-state index in [0.717, 1.165) is 0 Å². The van der Waals surface area contributed by atoms with Crippen molar-refractivity contribution in [3.63, 3.8) is 0 Å². The van der Waals surface area contributed by atoms with Crippen molar-refractivity contribution in [2.75, 3.05) is 5.73 Å². The highest BCUT2D eigenvalue weighted by atomic mass is 16.1. The molecule has 2 aromatic heterocycles. The molecule has 0 unspecified atom stereocenters. The van der Waals surface area contributed by atoms with Gasteiger partial charge in [0, 0.05) is 12.1 Å². The van der Waals surface area contributed by atoms with Gasteiger partial charge in [0.1, 0.15) is 12.2 Å². The Labute approximate surface area is 116 Å². The van der Waals surface area contributed by atoms with Crippen LogP contribution >= 0.6 is 0 Å². The van der Waals surface area contributed by atoms with E-state index >= 15 is 0 Å². The van der Waals surface area contributed by atoms with Crippen molar-refractivity contribution in [1.29, 1.82) is 0 Å². The molecule has 2 rings (SSSR count). The van der Waals surface area contributed by atoms with Crippen LogP contribution in [0.1, 0.15) is 41.8 Å². The molecule has 0 saturated carbocycles. The number of carbonyl (C=O) groups excluding carboxylic acids is 1. The Bertz CT molecular complexity index is 599. The zero-order valence-corrected chi connectivity index (χ0v) is 11.4. The number of nitrogens with zero attached hydrogens (tertiary/aromatic N) is 4. The van der Waals surface area contributed by atoms with Crippen LogP contribution in [0.25, 0.3) is 0 Å². The Morgan fingerprint density at radius 2 is 2.20 bits per heavy atom. The van der Waals surface area contributed by atoms with Gasteiger partial charge in [0.05, 0.1) is 24.1 Å². The van der Waals surface area contributed by atoms with Crippen molar-refractivity contribution < 1.29 is 4.79 Å². The average molecular weight is 272 g/mol. The summed E-state index contributed by atoms with van der Waals surface area (Å²) in [6.07, 6.45) is 4.50. The van der Waals surface area contributed by atoms with Crippen molar-refractivity contribution >= 4 is 11.6 Å². The normalized spacial score (nSPS) is 10.6. The molecule has 7 nitrogen and oxygen atoms in total. The molecule has 1 amide bonds. The number of aromatic nitrogens is 4. The maximum atomic E-state index is 12.1. The predicted octanol–water partition coefficient (Wildman–Crippen LogP) is 0.902. The molecule has 2 aromatic rings. The fourth-order valence-corrected chi connectivity index (χ4v) is 1.54. The smallest absolute Gasteiger partial charge is 0.272 e. The molecule has 0 aliphatic heterocycles. The van der Waals surface area contributed by atoms with Gasteiger partial charge in [-0.1, -0.05) is 13.8 Å². The maximum Gasteiger partial charge on any atom is 0.272 e. The lowest BCUT2D eigenvalue weighted by molar-refractivity contribution is 0.0946. The molecule has 0 saturated heterocycles. The molecule has 0 atom stereocenters. The number of nitrogens with one attached hydrogen (secondary N) is 1. The first-order valence-electron chi connectivity index (χ1n) is 6.23. The number of amides is 1. The first-order chi connectivity index (χ1) is 9.58. The Balaban J connectivity index is 2.11. The van der Waals surface area contributed by atoms with Crippen LogP contribution < -0.4 is 11.1 Å². The Kier molecular flexibility index (Phi) is 4.19. The van der Waals surface area contributed by atoms with Gasteiger partial charge < -0.3 is 11.1 Å². The van der Waals surface area contributed by atoms with E-state index in [1.807, 2.05) is 13.8 Å². The Morgan fingerprint density at radius 1 is 1.40 bits per heavy atom. The zero-order valence-electron chi connectivity index (χ0n) is 11.4. The van der Waals surface area contributed by atoms with Gasteiger partial charge in [0.15, 0.2) is 5.69 Å². The molecular formula is C13H16N6O. The first-order valence-corrected chi connectivity index (χ1v) is 6.23. The van der Waals surface area contributed by atoms with Gasteiger partial charge >= 0.3 is 0 Å². The third-order valence-corrected chi connectivity index (χ3v) is 2.64. The van der Waals surface area contributed by atoms with Crippen LogP contribution in [0.2, 0.25) is 0 Å². The van der Waals surface area contributed by atoms with Crippen molar-refractivity contribution in [3.8, 4) is 0 Å². The second-order valence-electron chi connectivity index (χ2n) is 4.57. The summed E-state index contributed by atoms with van der Waals surface area (Å²) in [5.41, 5.74) is 6.91. The van der Waals surface area contributed by atoms with Gasteiger partial charge in [-0.05, 0) is 6.07 Å². The summed E-state index contributed by atoms with van der Waals surface area (Å²) in [6.45, 7) is 4.20. The van der Waals surface area contributed by atoms with Gasteiger partial charge in [-0.25, -0.2) is 19.9 Å². The lowest BCUT2D eigenvalue weighted by Crippen LogP contribution is -2.26. The summed E-state index contributed by atoms with van der Waals surface area (Å²) in [5, 5.41) is 2.72. The summed E-state index contributed by atoms with van der Waals surface area (Å²) in [4.78, 5) is 28.2. The van der Waals surface area contributed by atoms with Gasteiger partial charge in [0.25, 0.3) is 5.91 Å². The molecule has 7 heteroatoms. The van der Waals surface area contributed by atoms with Crippen LogP contribution in [0.5, 0.6) is 0 Å². The van der Waals surface area contributed by atoms with Crippen LogP contribution in [-0.4, -0.2) is 25.8 Å². The third kappa shape index (κ3) is 3.25. The second kappa shape index (κ2) is 6.05. The Hall–Kier alpha value is -2.57. The Morgan fingerprint density at radius 3 is 2.85 bits per heavy atom. The fraction of sp³-hybridized carbons (Fsp3) is 0.308. The molecule has 0 bridgehead atoms. The monoisotopic (exact) mass is 272 g/mol. The highest BCUT2D eigenvalue weighted by molar-refractivity contribution is 5.96. The van der Waals surface area contributed by atoms with Crippen LogP contribution in [0.3, 0.4) is 0 Å². The van der Waals surface area contributed by atoms with E-state index in [-0.39, 0.29) is 23.2 Å². The highest BCUT2D eigenvalue weighted by Crippen LogP contribution is 2.13. The molecule has 0 radical (unpaired) electrons. The fourth-order valence-electron chi connectivity index (χ4n) is 1.54. The number of carbonyl (C=O) groups is 1. The van der Waals surface area contributed by atoms with E-state index in [0.29, 0.717) is 18.1 Å². The van der Waals surface area contributed by atoms with E-state index in [4.69, 9.17) is 5.73 Å². The summed E-state index contributed by atoms with van der Waals surface area (Å²) in [6, 6.07) is 1.73. The summed E-state index contributed by atoms with van der Waals surface area (Å²) in [7, 11) is 0.